The number of carbonyl (C=O) groups excluding carboxylic acids is 2. The highest BCUT2D eigenvalue weighted by Crippen LogP contribution is 2.40. The van der Waals surface area contributed by atoms with Gasteiger partial charge in [-0.15, -0.1) is 0 Å². The molecule has 2 aromatic carbocycles. The van der Waals surface area contributed by atoms with E-state index in [2.05, 4.69) is 0 Å². The Kier molecular flexibility index (Phi) is 13.2. The number of amides is 2. The molecule has 0 aliphatic carbocycles. The van der Waals surface area contributed by atoms with Gasteiger partial charge in [0.05, 0.1) is 62.0 Å². The molecule has 1 aliphatic rings. The van der Waals surface area contributed by atoms with Gasteiger partial charge < -0.3 is 34.3 Å². The number of hydrogen-bond acceptors (Lipinski definition) is 9. The fourth-order valence-electron chi connectivity index (χ4n) is 4.78. The van der Waals surface area contributed by atoms with E-state index >= 15 is 0 Å². The van der Waals surface area contributed by atoms with Crippen molar-refractivity contribution in [2.45, 2.75) is 58.9 Å². The summed E-state index contributed by atoms with van der Waals surface area (Å²) in [7, 11) is 0. The van der Waals surface area contributed by atoms with Gasteiger partial charge in [0.15, 0.2) is 5.11 Å². The van der Waals surface area contributed by atoms with Crippen LogP contribution in [-0.2, 0) is 29.9 Å². The molecule has 0 saturated carbocycles. The van der Waals surface area contributed by atoms with Crippen LogP contribution in [0.3, 0.4) is 0 Å². The van der Waals surface area contributed by atoms with Gasteiger partial charge in [0.1, 0.15) is 17.9 Å². The number of halogens is 3. The molecule has 1 atom stereocenters. The van der Waals surface area contributed by atoms with Crippen LogP contribution in [0.4, 0.5) is 29.3 Å². The summed E-state index contributed by atoms with van der Waals surface area (Å²) < 4.78 is 68.3. The van der Waals surface area contributed by atoms with Gasteiger partial charge >= 0.3 is 12.3 Å². The van der Waals surface area contributed by atoms with E-state index in [-0.39, 0.29) is 28.9 Å². The summed E-state index contributed by atoms with van der Waals surface area (Å²) >= 11 is 5.58. The maximum Gasteiger partial charge on any atom is 0.417 e. The molecule has 0 aromatic heterocycles. The lowest BCUT2D eigenvalue weighted by Crippen LogP contribution is -2.44. The molecule has 15 heteroatoms. The molecule has 262 valence electrons. The Bertz CT molecular complexity index is 1470. The lowest BCUT2D eigenvalue weighted by molar-refractivity contribution is -0.137. The van der Waals surface area contributed by atoms with Crippen LogP contribution in [0.2, 0.25) is 0 Å². The third kappa shape index (κ3) is 10.0. The van der Waals surface area contributed by atoms with E-state index in [1.54, 1.807) is 43.0 Å². The van der Waals surface area contributed by atoms with Crippen molar-refractivity contribution in [1.82, 2.24) is 0 Å². The number of ether oxygens (including phenoxy) is 5. The standard InChI is InChI=1S/C33H41F3N4O7S/c1-31(2,3)27(21-47-29(38)42)46-18-17-44-16-15-43-13-6-14-45-25-11-9-23(10-12-25)40-30(48)39(28(41)32(40,4)5)24-8-7-22(20-37)26(19-24)33(34,35)36/h7-12,19,27H,6,13-18,21H2,1-5H3,(H2,38,42). The number of hydrogen-bond donors (Lipinski definition) is 1. The monoisotopic (exact) mass is 694 g/mol. The van der Waals surface area contributed by atoms with Gasteiger partial charge in [-0.2, -0.15) is 18.4 Å². The Morgan fingerprint density at radius 1 is 0.979 bits per heavy atom. The Hall–Kier alpha value is -3.97. The fraction of sp³-hybridized carbons (Fsp3) is 0.515. The second kappa shape index (κ2) is 16.4. The number of anilines is 2. The molecule has 1 aliphatic heterocycles. The molecule has 1 unspecified atom stereocenters. The minimum atomic E-state index is -4.78. The van der Waals surface area contributed by atoms with Gasteiger partial charge in [0, 0.05) is 18.7 Å². The topological polar surface area (TPSA) is 137 Å². The van der Waals surface area contributed by atoms with Crippen molar-refractivity contribution in [3.8, 4) is 11.8 Å². The van der Waals surface area contributed by atoms with Crippen molar-refractivity contribution in [2.24, 2.45) is 11.1 Å². The van der Waals surface area contributed by atoms with E-state index < -0.39 is 34.8 Å². The minimum Gasteiger partial charge on any atom is -0.494 e. The van der Waals surface area contributed by atoms with E-state index in [1.165, 1.54) is 12.1 Å². The molecular weight excluding hydrogens is 653 g/mol. The van der Waals surface area contributed by atoms with E-state index in [1.807, 2.05) is 20.8 Å². The highest BCUT2D eigenvalue weighted by Gasteiger charge is 2.50. The smallest absolute Gasteiger partial charge is 0.417 e. The average molecular weight is 695 g/mol. The molecule has 0 bridgehead atoms. The summed E-state index contributed by atoms with van der Waals surface area (Å²) in [6.45, 7) is 11.5. The first-order valence-corrected chi connectivity index (χ1v) is 15.6. The number of primary amides is 1. The number of nitrogens with zero attached hydrogens (tertiary/aromatic N) is 3. The Morgan fingerprint density at radius 2 is 1.58 bits per heavy atom. The summed E-state index contributed by atoms with van der Waals surface area (Å²) in [5, 5.41) is 9.13. The first-order chi connectivity index (χ1) is 22.5. The van der Waals surface area contributed by atoms with Gasteiger partial charge in [0.2, 0.25) is 0 Å². The fourth-order valence-corrected chi connectivity index (χ4v) is 5.30. The van der Waals surface area contributed by atoms with Crippen LogP contribution in [0.5, 0.6) is 5.75 Å². The lowest BCUT2D eigenvalue weighted by Gasteiger charge is -2.30. The molecular formula is C33H41F3N4O7S. The van der Waals surface area contributed by atoms with Crippen molar-refractivity contribution >= 4 is 40.7 Å². The molecule has 2 N–H and O–H groups in total. The maximum atomic E-state index is 13.6. The number of alkyl halides is 3. The van der Waals surface area contributed by atoms with Gasteiger partial charge in [-0.3, -0.25) is 9.69 Å². The molecule has 0 radical (unpaired) electrons. The van der Waals surface area contributed by atoms with Gasteiger partial charge in [-0.25, -0.2) is 4.79 Å². The first kappa shape index (κ1) is 38.5. The molecule has 1 fully saturated rings. The van der Waals surface area contributed by atoms with Crippen LogP contribution in [0, 0.1) is 16.7 Å². The predicted molar refractivity (Wildman–Crippen MR) is 176 cm³/mol. The Morgan fingerprint density at radius 3 is 2.17 bits per heavy atom. The average Bonchev–Trinajstić information content (AvgIpc) is 3.18. The second-order valence-corrected chi connectivity index (χ2v) is 12.8. The summed E-state index contributed by atoms with van der Waals surface area (Å²) in [4.78, 5) is 26.9. The predicted octanol–water partition coefficient (Wildman–Crippen LogP) is 5.82. The van der Waals surface area contributed by atoms with Crippen LogP contribution >= 0.6 is 12.2 Å². The molecule has 1 heterocycles. The minimum absolute atomic E-state index is 0.00839. The SMILES string of the molecule is CC(C)(C)C(COC(N)=O)OCCOCCOCCCOc1ccc(N2C(=S)N(c3ccc(C#N)c(C(F)(F)F)c3)C(=O)C2(C)C)cc1. The summed E-state index contributed by atoms with van der Waals surface area (Å²) in [5.74, 6) is 0.0654. The van der Waals surface area contributed by atoms with Gasteiger partial charge in [-0.1, -0.05) is 20.8 Å². The number of carbonyl (C=O) groups is 2. The van der Waals surface area contributed by atoms with Crippen molar-refractivity contribution in [1.29, 1.82) is 5.26 Å². The van der Waals surface area contributed by atoms with Crippen molar-refractivity contribution < 1.29 is 46.4 Å². The van der Waals surface area contributed by atoms with Crippen molar-refractivity contribution in [2.75, 3.05) is 56.0 Å². The quantitative estimate of drug-likeness (QED) is 0.169. The maximum absolute atomic E-state index is 13.6. The molecule has 0 spiro atoms. The third-order valence-electron chi connectivity index (χ3n) is 7.41. The molecule has 3 rings (SSSR count). The zero-order valence-corrected chi connectivity index (χ0v) is 28.4. The number of rotatable bonds is 16. The first-order valence-electron chi connectivity index (χ1n) is 15.2. The molecule has 1 saturated heterocycles. The molecule has 48 heavy (non-hydrogen) atoms. The van der Waals surface area contributed by atoms with Crippen LogP contribution in [0.1, 0.15) is 52.2 Å². The number of benzene rings is 2. The zero-order valence-electron chi connectivity index (χ0n) is 27.6. The normalized spacial score (nSPS) is 15.4. The summed E-state index contributed by atoms with van der Waals surface area (Å²) in [6.07, 6.45) is -5.33. The highest BCUT2D eigenvalue weighted by molar-refractivity contribution is 7.81. The van der Waals surface area contributed by atoms with E-state index in [4.69, 9.17) is 46.9 Å². The van der Waals surface area contributed by atoms with Crippen molar-refractivity contribution in [3.05, 3.63) is 53.6 Å². The Balaban J connectivity index is 1.43. The van der Waals surface area contributed by atoms with E-state index in [0.29, 0.717) is 57.5 Å². The van der Waals surface area contributed by atoms with E-state index in [9.17, 15) is 22.8 Å². The van der Waals surface area contributed by atoms with E-state index in [0.717, 1.165) is 17.0 Å². The van der Waals surface area contributed by atoms with Gasteiger partial charge in [0.25, 0.3) is 5.91 Å². The number of thiocarbonyl (C=S) groups is 1. The summed E-state index contributed by atoms with van der Waals surface area (Å²) in [6, 6.07) is 11.5. The van der Waals surface area contributed by atoms with Gasteiger partial charge in [-0.05, 0) is 73.9 Å². The molecule has 2 aromatic rings. The number of nitriles is 1. The zero-order chi connectivity index (χ0) is 35.7. The summed E-state index contributed by atoms with van der Waals surface area (Å²) in [5.41, 5.74) is 2.39. The molecule has 11 nitrogen and oxygen atoms in total. The van der Waals surface area contributed by atoms with Crippen LogP contribution < -0.4 is 20.3 Å². The van der Waals surface area contributed by atoms with Crippen LogP contribution in [0.15, 0.2) is 42.5 Å². The van der Waals surface area contributed by atoms with Crippen LogP contribution in [-0.4, -0.2) is 75.0 Å². The molecule has 2 amide bonds. The van der Waals surface area contributed by atoms with Crippen LogP contribution in [0.25, 0.3) is 0 Å². The third-order valence-corrected chi connectivity index (χ3v) is 7.78. The number of nitrogens with two attached hydrogens (primary N) is 1. The largest absolute Gasteiger partial charge is 0.494 e. The lowest BCUT2D eigenvalue weighted by atomic mass is 9.89. The second-order valence-electron chi connectivity index (χ2n) is 12.4. The Labute approximate surface area is 283 Å². The van der Waals surface area contributed by atoms with Crippen molar-refractivity contribution in [3.63, 3.8) is 0 Å². The highest BCUT2D eigenvalue weighted by atomic mass is 32.1.